The highest BCUT2D eigenvalue weighted by molar-refractivity contribution is 7.18. The van der Waals surface area contributed by atoms with E-state index in [4.69, 9.17) is 0 Å². The lowest BCUT2D eigenvalue weighted by atomic mass is 10.3. The summed E-state index contributed by atoms with van der Waals surface area (Å²) in [6.07, 6.45) is 2.13. The predicted molar refractivity (Wildman–Crippen MR) is 99.5 cm³/mol. The molecular weight excluding hydrogens is 336 g/mol. The normalized spacial score (nSPS) is 15.4. The molecular formula is C18H24N4O2S. The highest BCUT2D eigenvalue weighted by Crippen LogP contribution is 2.28. The Morgan fingerprint density at radius 3 is 2.68 bits per heavy atom. The third-order valence-corrected chi connectivity index (χ3v) is 5.61. The van der Waals surface area contributed by atoms with E-state index in [1.54, 1.807) is 35.2 Å². The average molecular weight is 360 g/mol. The monoisotopic (exact) mass is 360 g/mol. The van der Waals surface area contributed by atoms with Crippen molar-refractivity contribution in [1.29, 1.82) is 0 Å². The summed E-state index contributed by atoms with van der Waals surface area (Å²) in [7, 11) is 3.58. The topological polar surface area (TPSA) is 65.5 Å². The van der Waals surface area contributed by atoms with Crippen molar-refractivity contribution in [1.82, 2.24) is 20.1 Å². The number of aromatic nitrogens is 1. The first-order valence-corrected chi connectivity index (χ1v) is 9.34. The van der Waals surface area contributed by atoms with Gasteiger partial charge in [-0.15, -0.1) is 11.3 Å². The number of para-hydroxylation sites is 1. The van der Waals surface area contributed by atoms with Crippen LogP contribution >= 0.6 is 11.3 Å². The average Bonchev–Trinajstić information content (AvgIpc) is 3.27. The lowest BCUT2D eigenvalue weighted by Gasteiger charge is -2.25. The maximum absolute atomic E-state index is 12.5. The van der Waals surface area contributed by atoms with E-state index in [1.165, 1.54) is 0 Å². The van der Waals surface area contributed by atoms with E-state index in [0.29, 0.717) is 6.04 Å². The molecule has 1 aromatic heterocycles. The van der Waals surface area contributed by atoms with E-state index in [1.807, 2.05) is 31.2 Å². The third kappa shape index (κ3) is 4.55. The zero-order chi connectivity index (χ0) is 18.0. The molecule has 0 saturated heterocycles. The molecule has 1 N–H and O–H groups in total. The minimum atomic E-state index is -0.0985. The van der Waals surface area contributed by atoms with Crippen molar-refractivity contribution in [2.24, 2.45) is 0 Å². The summed E-state index contributed by atoms with van der Waals surface area (Å²) in [6.45, 7) is 2.44. The van der Waals surface area contributed by atoms with Crippen LogP contribution in [0, 0.1) is 0 Å². The smallest absolute Gasteiger partial charge is 0.237 e. The summed E-state index contributed by atoms with van der Waals surface area (Å²) < 4.78 is 1.12. The number of fused-ring (bicyclic) bond motifs is 1. The number of nitrogens with zero attached hydrogens (tertiary/aromatic N) is 3. The Labute approximate surface area is 151 Å². The number of carbonyl (C=O) groups is 2. The fourth-order valence-electron chi connectivity index (χ4n) is 2.59. The number of nitrogens with one attached hydrogen (secondary N) is 1. The van der Waals surface area contributed by atoms with Crippen molar-refractivity contribution in [2.75, 3.05) is 27.2 Å². The molecule has 1 atom stereocenters. The maximum Gasteiger partial charge on any atom is 0.237 e. The fraction of sp³-hybridized carbons (Fsp3) is 0.500. The van der Waals surface area contributed by atoms with Gasteiger partial charge in [-0.05, 0) is 38.9 Å². The molecule has 1 saturated carbocycles. The highest BCUT2D eigenvalue weighted by Gasteiger charge is 2.25. The Morgan fingerprint density at radius 1 is 1.28 bits per heavy atom. The minimum Gasteiger partial charge on any atom is -0.352 e. The Morgan fingerprint density at radius 2 is 2.00 bits per heavy atom. The molecule has 0 bridgehead atoms. The van der Waals surface area contributed by atoms with E-state index in [-0.39, 0.29) is 30.9 Å². The SMILES string of the molecule is C[C@H](c1nc2ccccc2s1)N(C)C(=O)CN(C)CC(=O)NC1CC1. The molecule has 1 fully saturated rings. The van der Waals surface area contributed by atoms with Gasteiger partial charge in [0, 0.05) is 13.1 Å². The van der Waals surface area contributed by atoms with Crippen molar-refractivity contribution in [2.45, 2.75) is 31.8 Å². The van der Waals surface area contributed by atoms with Crippen LogP contribution in [-0.2, 0) is 9.59 Å². The maximum atomic E-state index is 12.5. The van der Waals surface area contributed by atoms with Gasteiger partial charge in [0.15, 0.2) is 0 Å². The molecule has 1 aliphatic carbocycles. The van der Waals surface area contributed by atoms with E-state index in [0.717, 1.165) is 28.1 Å². The van der Waals surface area contributed by atoms with Crippen LogP contribution in [0.25, 0.3) is 10.2 Å². The van der Waals surface area contributed by atoms with Crippen LogP contribution in [0.2, 0.25) is 0 Å². The molecule has 0 unspecified atom stereocenters. The second-order valence-electron chi connectivity index (χ2n) is 6.71. The van der Waals surface area contributed by atoms with Gasteiger partial charge in [0.2, 0.25) is 11.8 Å². The summed E-state index contributed by atoms with van der Waals surface area (Å²) in [4.78, 5) is 32.4. The summed E-state index contributed by atoms with van der Waals surface area (Å²) in [6, 6.07) is 8.23. The quantitative estimate of drug-likeness (QED) is 0.820. The van der Waals surface area contributed by atoms with Crippen LogP contribution < -0.4 is 5.32 Å². The van der Waals surface area contributed by atoms with Crippen LogP contribution in [0.4, 0.5) is 0 Å². The molecule has 2 aromatic rings. The molecule has 1 aliphatic rings. The summed E-state index contributed by atoms with van der Waals surface area (Å²) in [5.74, 6) is -0.0341. The second kappa shape index (κ2) is 7.49. The molecule has 6 nitrogen and oxygen atoms in total. The van der Waals surface area contributed by atoms with Crippen molar-refractivity contribution in [3.05, 3.63) is 29.3 Å². The minimum absolute atomic E-state index is 0.0142. The first kappa shape index (κ1) is 17.8. The van der Waals surface area contributed by atoms with Crippen LogP contribution in [0.1, 0.15) is 30.8 Å². The van der Waals surface area contributed by atoms with E-state index in [2.05, 4.69) is 10.3 Å². The Bertz CT molecular complexity index is 738. The first-order chi connectivity index (χ1) is 11.9. The van der Waals surface area contributed by atoms with Gasteiger partial charge in [0.1, 0.15) is 5.01 Å². The van der Waals surface area contributed by atoms with Gasteiger partial charge < -0.3 is 10.2 Å². The number of thiazole rings is 1. The van der Waals surface area contributed by atoms with E-state index in [9.17, 15) is 9.59 Å². The largest absolute Gasteiger partial charge is 0.352 e. The molecule has 134 valence electrons. The molecule has 0 radical (unpaired) electrons. The van der Waals surface area contributed by atoms with Gasteiger partial charge in [-0.25, -0.2) is 4.98 Å². The predicted octanol–water partition coefficient (Wildman–Crippen LogP) is 2.03. The number of rotatable bonds is 7. The Kier molecular flexibility index (Phi) is 5.34. The fourth-order valence-corrected chi connectivity index (χ4v) is 3.66. The molecule has 0 spiro atoms. The van der Waals surface area contributed by atoms with Crippen LogP contribution in [0.5, 0.6) is 0 Å². The molecule has 7 heteroatoms. The van der Waals surface area contributed by atoms with Crippen LogP contribution in [0.15, 0.2) is 24.3 Å². The van der Waals surface area contributed by atoms with Gasteiger partial charge in [0.25, 0.3) is 0 Å². The van der Waals surface area contributed by atoms with Crippen molar-refractivity contribution in [3.8, 4) is 0 Å². The van der Waals surface area contributed by atoms with E-state index < -0.39 is 0 Å². The molecule has 2 amide bonds. The van der Waals surface area contributed by atoms with Gasteiger partial charge in [-0.2, -0.15) is 0 Å². The molecule has 1 heterocycles. The molecule has 0 aliphatic heterocycles. The van der Waals surface area contributed by atoms with Crippen LogP contribution in [-0.4, -0.2) is 59.8 Å². The standard InChI is InChI=1S/C18H24N4O2S/c1-12(18-20-14-6-4-5-7-15(14)25-18)22(3)17(24)11-21(2)10-16(23)19-13-8-9-13/h4-7,12-13H,8-11H2,1-3H3,(H,19,23)/t12-/m1/s1. The summed E-state index contributed by atoms with van der Waals surface area (Å²) in [5.41, 5.74) is 0.962. The second-order valence-corrected chi connectivity index (χ2v) is 7.78. The zero-order valence-electron chi connectivity index (χ0n) is 14.9. The lowest BCUT2D eigenvalue weighted by molar-refractivity contribution is -0.133. The Balaban J connectivity index is 1.55. The van der Waals surface area contributed by atoms with E-state index >= 15 is 0 Å². The molecule has 25 heavy (non-hydrogen) atoms. The van der Waals surface area contributed by atoms with Crippen molar-refractivity contribution in [3.63, 3.8) is 0 Å². The van der Waals surface area contributed by atoms with Crippen molar-refractivity contribution >= 4 is 33.4 Å². The molecule has 3 rings (SSSR count). The number of hydrogen-bond acceptors (Lipinski definition) is 5. The Hall–Kier alpha value is -1.99. The van der Waals surface area contributed by atoms with Gasteiger partial charge >= 0.3 is 0 Å². The van der Waals surface area contributed by atoms with Gasteiger partial charge in [0.05, 0.1) is 29.3 Å². The van der Waals surface area contributed by atoms with Crippen molar-refractivity contribution < 1.29 is 9.59 Å². The summed E-state index contributed by atoms with van der Waals surface area (Å²) >= 11 is 1.61. The summed E-state index contributed by atoms with van der Waals surface area (Å²) in [5, 5.41) is 3.86. The van der Waals surface area contributed by atoms with Gasteiger partial charge in [-0.3, -0.25) is 14.5 Å². The highest BCUT2D eigenvalue weighted by atomic mass is 32.1. The number of amides is 2. The zero-order valence-corrected chi connectivity index (χ0v) is 15.7. The lowest BCUT2D eigenvalue weighted by Crippen LogP contribution is -2.42. The first-order valence-electron chi connectivity index (χ1n) is 8.53. The number of benzene rings is 1. The third-order valence-electron chi connectivity index (χ3n) is 4.40. The van der Waals surface area contributed by atoms with Crippen LogP contribution in [0.3, 0.4) is 0 Å². The molecule has 1 aromatic carbocycles. The van der Waals surface area contributed by atoms with Gasteiger partial charge in [-0.1, -0.05) is 12.1 Å². The number of likely N-dealkylation sites (N-methyl/N-ethyl adjacent to an activating group) is 2. The number of hydrogen-bond donors (Lipinski definition) is 1. The number of carbonyl (C=O) groups excluding carboxylic acids is 2.